The van der Waals surface area contributed by atoms with Crippen molar-refractivity contribution in [3.8, 4) is 0 Å². The van der Waals surface area contributed by atoms with Crippen LogP contribution in [0, 0.1) is 5.92 Å². The van der Waals surface area contributed by atoms with Gasteiger partial charge in [-0.1, -0.05) is 20.8 Å². The maximum absolute atomic E-state index is 10.0. The summed E-state index contributed by atoms with van der Waals surface area (Å²) in [6, 6.07) is 0. The van der Waals surface area contributed by atoms with Crippen molar-refractivity contribution in [2.24, 2.45) is 5.92 Å². The number of rotatable bonds is 4. The number of hydrogen-bond donors (Lipinski definition) is 0. The van der Waals surface area contributed by atoms with Gasteiger partial charge in [-0.3, -0.25) is 0 Å². The Hall–Kier alpha value is -0.660. The molecular formula is C10H20O2. The monoisotopic (exact) mass is 172 g/mol. The summed E-state index contributed by atoms with van der Waals surface area (Å²) in [7, 11) is 0. The zero-order valence-electron chi connectivity index (χ0n) is 8.59. The Balaban J connectivity index is 0. The van der Waals surface area contributed by atoms with Crippen LogP contribution in [0.4, 0.5) is 0 Å². The first kappa shape index (κ1) is 13.9. The predicted molar refractivity (Wildman–Crippen MR) is 51.1 cm³/mol. The average Bonchev–Trinajstić information content (AvgIpc) is 2.04. The highest BCUT2D eigenvalue weighted by Gasteiger charge is 1.89. The maximum atomic E-state index is 10.0. The number of carbonyl (C=O) groups excluding carboxylic acids is 2. The Morgan fingerprint density at radius 1 is 1.42 bits per heavy atom. The van der Waals surface area contributed by atoms with Crippen molar-refractivity contribution in [3.63, 3.8) is 0 Å². The van der Waals surface area contributed by atoms with Gasteiger partial charge >= 0.3 is 0 Å². The summed E-state index contributed by atoms with van der Waals surface area (Å²) >= 11 is 0. The van der Waals surface area contributed by atoms with Crippen LogP contribution in [-0.4, -0.2) is 12.1 Å². The summed E-state index contributed by atoms with van der Waals surface area (Å²) in [6.45, 7) is 7.52. The van der Waals surface area contributed by atoms with E-state index in [2.05, 4.69) is 0 Å². The molecule has 0 spiro atoms. The minimum Gasteiger partial charge on any atom is -0.303 e. The molecule has 2 heteroatoms. The Kier molecular flexibility index (Phi) is 12.0. The highest BCUT2D eigenvalue weighted by atomic mass is 16.1. The van der Waals surface area contributed by atoms with E-state index in [1.165, 1.54) is 0 Å². The van der Waals surface area contributed by atoms with Gasteiger partial charge in [0.1, 0.15) is 12.1 Å². The summed E-state index contributed by atoms with van der Waals surface area (Å²) in [4.78, 5) is 19.8. The molecule has 0 saturated carbocycles. The van der Waals surface area contributed by atoms with Crippen LogP contribution >= 0.6 is 0 Å². The van der Waals surface area contributed by atoms with E-state index in [0.717, 1.165) is 25.5 Å². The molecule has 0 bridgehead atoms. The zero-order chi connectivity index (χ0) is 9.98. The van der Waals surface area contributed by atoms with Gasteiger partial charge in [0, 0.05) is 12.3 Å². The number of Topliss-reactive ketones (excluding diaryl/α,β-unsaturated/α-hetero) is 1. The summed E-state index contributed by atoms with van der Waals surface area (Å²) in [5, 5.41) is 0. The number of aldehydes is 1. The molecule has 0 radical (unpaired) electrons. The molecule has 0 aliphatic rings. The highest BCUT2D eigenvalue weighted by molar-refractivity contribution is 5.75. The summed E-state index contributed by atoms with van der Waals surface area (Å²) in [5.74, 6) is 0.544. The minimum atomic E-state index is 0.255. The molecule has 0 N–H and O–H groups in total. The van der Waals surface area contributed by atoms with Gasteiger partial charge in [0.2, 0.25) is 0 Å². The summed E-state index contributed by atoms with van der Waals surface area (Å²) in [5.41, 5.74) is 0. The van der Waals surface area contributed by atoms with Crippen LogP contribution in [0.2, 0.25) is 0 Å². The van der Waals surface area contributed by atoms with Crippen molar-refractivity contribution < 1.29 is 9.59 Å². The lowest BCUT2D eigenvalue weighted by atomic mass is 10.2. The second kappa shape index (κ2) is 10.3. The standard InChI is InChI=1S/2C5H10O/c1-3-5(2)4-6;1-3-4-5(2)6/h4-5H,3H2,1-2H3;3-4H2,1-2H3. The number of hydrogen-bond acceptors (Lipinski definition) is 2. The molecule has 0 heterocycles. The van der Waals surface area contributed by atoms with Crippen LogP contribution in [0.5, 0.6) is 0 Å². The molecule has 0 aliphatic carbocycles. The normalized spacial score (nSPS) is 11.0. The largest absolute Gasteiger partial charge is 0.303 e. The first-order chi connectivity index (χ1) is 5.58. The van der Waals surface area contributed by atoms with Gasteiger partial charge in [-0.15, -0.1) is 0 Å². The smallest absolute Gasteiger partial charge is 0.129 e. The van der Waals surface area contributed by atoms with Crippen molar-refractivity contribution in [1.82, 2.24) is 0 Å². The molecular weight excluding hydrogens is 152 g/mol. The van der Waals surface area contributed by atoms with Crippen LogP contribution in [0.25, 0.3) is 0 Å². The van der Waals surface area contributed by atoms with Gasteiger partial charge < -0.3 is 9.59 Å². The van der Waals surface area contributed by atoms with Gasteiger partial charge in [-0.2, -0.15) is 0 Å². The Labute approximate surface area is 75.4 Å². The zero-order valence-corrected chi connectivity index (χ0v) is 8.59. The third kappa shape index (κ3) is 16.2. The van der Waals surface area contributed by atoms with Crippen LogP contribution in [0.1, 0.15) is 47.0 Å². The highest BCUT2D eigenvalue weighted by Crippen LogP contribution is 1.91. The Morgan fingerprint density at radius 2 is 1.92 bits per heavy atom. The van der Waals surface area contributed by atoms with Crippen molar-refractivity contribution >= 4 is 12.1 Å². The van der Waals surface area contributed by atoms with E-state index in [4.69, 9.17) is 0 Å². The van der Waals surface area contributed by atoms with Crippen molar-refractivity contribution in [2.45, 2.75) is 47.0 Å². The van der Waals surface area contributed by atoms with Gasteiger partial charge in [-0.05, 0) is 19.8 Å². The quantitative estimate of drug-likeness (QED) is 0.611. The molecule has 0 amide bonds. The fourth-order valence-electron chi connectivity index (χ4n) is 0.448. The number of ketones is 1. The van der Waals surface area contributed by atoms with Crippen molar-refractivity contribution in [2.75, 3.05) is 0 Å². The average molecular weight is 172 g/mol. The van der Waals surface area contributed by atoms with Gasteiger partial charge in [0.15, 0.2) is 0 Å². The van der Waals surface area contributed by atoms with E-state index in [0.29, 0.717) is 0 Å². The van der Waals surface area contributed by atoms with Crippen LogP contribution < -0.4 is 0 Å². The lowest BCUT2D eigenvalue weighted by Gasteiger charge is -1.89. The molecule has 1 atom stereocenters. The predicted octanol–water partition coefficient (Wildman–Crippen LogP) is 2.61. The third-order valence-corrected chi connectivity index (χ3v) is 1.48. The van der Waals surface area contributed by atoms with Crippen LogP contribution in [-0.2, 0) is 9.59 Å². The fraction of sp³-hybridized carbons (Fsp3) is 0.800. The molecule has 0 rings (SSSR count). The minimum absolute atomic E-state index is 0.255. The van der Waals surface area contributed by atoms with E-state index in [1.54, 1.807) is 6.92 Å². The topological polar surface area (TPSA) is 34.1 Å². The lowest BCUT2D eigenvalue weighted by Crippen LogP contribution is -1.89. The van der Waals surface area contributed by atoms with E-state index in [1.807, 2.05) is 20.8 Å². The van der Waals surface area contributed by atoms with Gasteiger partial charge in [0.05, 0.1) is 0 Å². The van der Waals surface area contributed by atoms with Crippen molar-refractivity contribution in [3.05, 3.63) is 0 Å². The van der Waals surface area contributed by atoms with E-state index < -0.39 is 0 Å². The first-order valence-electron chi connectivity index (χ1n) is 4.53. The second-order valence-electron chi connectivity index (χ2n) is 2.97. The van der Waals surface area contributed by atoms with E-state index >= 15 is 0 Å². The molecule has 12 heavy (non-hydrogen) atoms. The SMILES string of the molecule is CCC(C)C=O.CCCC(C)=O. The third-order valence-electron chi connectivity index (χ3n) is 1.48. The molecule has 0 aromatic carbocycles. The van der Waals surface area contributed by atoms with Crippen molar-refractivity contribution in [1.29, 1.82) is 0 Å². The van der Waals surface area contributed by atoms with Gasteiger partial charge in [0.25, 0.3) is 0 Å². The summed E-state index contributed by atoms with van der Waals surface area (Å²) in [6.07, 6.45) is 3.65. The number of carbonyl (C=O) groups is 2. The summed E-state index contributed by atoms with van der Waals surface area (Å²) < 4.78 is 0. The molecule has 72 valence electrons. The van der Waals surface area contributed by atoms with Crippen LogP contribution in [0.3, 0.4) is 0 Å². The first-order valence-corrected chi connectivity index (χ1v) is 4.53. The maximum Gasteiger partial charge on any atom is 0.129 e. The van der Waals surface area contributed by atoms with Crippen LogP contribution in [0.15, 0.2) is 0 Å². The second-order valence-corrected chi connectivity index (χ2v) is 2.97. The molecule has 0 aromatic heterocycles. The molecule has 0 aromatic rings. The van der Waals surface area contributed by atoms with E-state index in [9.17, 15) is 9.59 Å². The van der Waals surface area contributed by atoms with E-state index in [-0.39, 0.29) is 11.7 Å². The lowest BCUT2D eigenvalue weighted by molar-refractivity contribution is -0.117. The Bertz CT molecular complexity index is 119. The Morgan fingerprint density at radius 3 is 1.92 bits per heavy atom. The molecule has 2 nitrogen and oxygen atoms in total. The van der Waals surface area contributed by atoms with Gasteiger partial charge in [-0.25, -0.2) is 0 Å². The molecule has 1 unspecified atom stereocenters. The molecule has 0 saturated heterocycles. The fourth-order valence-corrected chi connectivity index (χ4v) is 0.448. The molecule has 0 aliphatic heterocycles. The molecule has 0 fully saturated rings.